The van der Waals surface area contributed by atoms with Gasteiger partial charge in [0.05, 0.1) is 17.4 Å². The van der Waals surface area contributed by atoms with Crippen molar-refractivity contribution < 1.29 is 14.7 Å². The molecule has 1 heterocycles. The fraction of sp³-hybridized carbons (Fsp3) is 0.348. The van der Waals surface area contributed by atoms with Crippen molar-refractivity contribution in [3.05, 3.63) is 52.4 Å². The molecule has 0 radical (unpaired) electrons. The van der Waals surface area contributed by atoms with E-state index in [0.717, 1.165) is 16.0 Å². The number of benzene rings is 1. The summed E-state index contributed by atoms with van der Waals surface area (Å²) < 4.78 is 0. The van der Waals surface area contributed by atoms with Gasteiger partial charge in [-0.25, -0.2) is 0 Å². The molecule has 0 unspecified atom stereocenters. The van der Waals surface area contributed by atoms with Crippen LogP contribution >= 0.6 is 11.3 Å². The highest BCUT2D eigenvalue weighted by Crippen LogP contribution is 2.40. The van der Waals surface area contributed by atoms with Crippen molar-refractivity contribution in [3.63, 3.8) is 0 Å². The molecule has 2 N–H and O–H groups in total. The third-order valence-corrected chi connectivity index (χ3v) is 6.41. The Hall–Kier alpha value is -2.91. The fourth-order valence-electron chi connectivity index (χ4n) is 3.70. The van der Waals surface area contributed by atoms with Gasteiger partial charge in [-0.1, -0.05) is 50.3 Å². The number of amides is 1. The molecule has 0 spiro atoms. The van der Waals surface area contributed by atoms with Crippen LogP contribution in [0.5, 0.6) is 0 Å². The number of rotatable bonds is 5. The van der Waals surface area contributed by atoms with Crippen molar-refractivity contribution in [1.82, 2.24) is 0 Å². The second kappa shape index (κ2) is 8.62. The summed E-state index contributed by atoms with van der Waals surface area (Å²) in [7, 11) is 0. The van der Waals surface area contributed by atoms with E-state index in [-0.39, 0.29) is 5.91 Å². The van der Waals surface area contributed by atoms with Gasteiger partial charge in [-0.3, -0.25) is 9.59 Å². The molecule has 29 heavy (non-hydrogen) atoms. The predicted octanol–water partition coefficient (Wildman–Crippen LogP) is 5.32. The van der Waals surface area contributed by atoms with E-state index >= 15 is 0 Å². The Morgan fingerprint density at radius 3 is 2.34 bits per heavy atom. The van der Waals surface area contributed by atoms with Gasteiger partial charge in [-0.2, -0.15) is 5.26 Å². The second-order valence-electron chi connectivity index (χ2n) is 7.61. The average Bonchev–Trinajstić information content (AvgIpc) is 3.02. The van der Waals surface area contributed by atoms with E-state index in [1.165, 1.54) is 16.9 Å². The van der Waals surface area contributed by atoms with E-state index in [0.29, 0.717) is 29.3 Å². The zero-order valence-electron chi connectivity index (χ0n) is 16.7. The topological polar surface area (TPSA) is 90.2 Å². The van der Waals surface area contributed by atoms with Crippen molar-refractivity contribution in [2.24, 2.45) is 11.8 Å². The molecule has 3 rings (SSSR count). The zero-order valence-corrected chi connectivity index (χ0v) is 17.5. The van der Waals surface area contributed by atoms with Crippen molar-refractivity contribution in [2.45, 2.75) is 39.5 Å². The van der Waals surface area contributed by atoms with Crippen LogP contribution in [0, 0.1) is 30.1 Å². The summed E-state index contributed by atoms with van der Waals surface area (Å²) in [5.74, 6) is -2.27. The highest BCUT2D eigenvalue weighted by Gasteiger charge is 2.34. The van der Waals surface area contributed by atoms with E-state index in [1.807, 2.05) is 25.1 Å². The van der Waals surface area contributed by atoms with Crippen LogP contribution in [-0.2, 0) is 9.59 Å². The third kappa shape index (κ3) is 4.25. The summed E-state index contributed by atoms with van der Waals surface area (Å²) in [4.78, 5) is 25.3. The molecular weight excluding hydrogens is 384 g/mol. The Morgan fingerprint density at radius 1 is 1.17 bits per heavy atom. The standard InChI is InChI=1S/C23H24N2O3S/c1-13(2)15-8-10-16(11-9-15)20-14(3)29-22(19(20)12-24)25-21(26)17-6-4-5-7-18(17)23(27)28/h4-5,8-11,13,17-18H,6-7H2,1-3H3,(H,25,26)(H,27,28)/t17-,18-/m1/s1. The number of aliphatic carboxylic acids is 1. The normalized spacial score (nSPS) is 18.4. The Balaban J connectivity index is 1.91. The molecule has 6 heteroatoms. The number of allylic oxidation sites excluding steroid dienone is 2. The number of thiophene rings is 1. The summed E-state index contributed by atoms with van der Waals surface area (Å²) in [5.41, 5.74) is 3.40. The largest absolute Gasteiger partial charge is 0.481 e. The van der Waals surface area contributed by atoms with Crippen LogP contribution in [0.3, 0.4) is 0 Å². The molecule has 0 saturated carbocycles. The predicted molar refractivity (Wildman–Crippen MR) is 115 cm³/mol. The van der Waals surface area contributed by atoms with Crippen LogP contribution in [-0.4, -0.2) is 17.0 Å². The van der Waals surface area contributed by atoms with Crippen LogP contribution < -0.4 is 5.32 Å². The molecule has 1 aliphatic rings. The van der Waals surface area contributed by atoms with E-state index in [1.54, 1.807) is 6.08 Å². The van der Waals surface area contributed by atoms with Crippen molar-refractivity contribution in [2.75, 3.05) is 5.32 Å². The average molecular weight is 409 g/mol. The number of carbonyl (C=O) groups excluding carboxylic acids is 1. The van der Waals surface area contributed by atoms with Gasteiger partial charge in [0.1, 0.15) is 11.1 Å². The number of carbonyl (C=O) groups is 2. The third-order valence-electron chi connectivity index (χ3n) is 5.39. The van der Waals surface area contributed by atoms with Crippen LogP contribution in [0.4, 0.5) is 5.00 Å². The highest BCUT2D eigenvalue weighted by atomic mass is 32.1. The maximum atomic E-state index is 12.8. The smallest absolute Gasteiger partial charge is 0.307 e. The van der Waals surface area contributed by atoms with Gasteiger partial charge in [-0.05, 0) is 36.8 Å². The highest BCUT2D eigenvalue weighted by molar-refractivity contribution is 7.17. The first-order valence-electron chi connectivity index (χ1n) is 9.66. The van der Waals surface area contributed by atoms with Crippen LogP contribution in [0.25, 0.3) is 11.1 Å². The van der Waals surface area contributed by atoms with Crippen LogP contribution in [0.1, 0.15) is 48.6 Å². The van der Waals surface area contributed by atoms with Crippen LogP contribution in [0.15, 0.2) is 36.4 Å². The maximum Gasteiger partial charge on any atom is 0.307 e. The number of nitrogens with zero attached hydrogens (tertiary/aromatic N) is 1. The molecule has 1 aliphatic carbocycles. The summed E-state index contributed by atoms with van der Waals surface area (Å²) in [6, 6.07) is 10.4. The minimum atomic E-state index is -0.969. The lowest BCUT2D eigenvalue weighted by molar-refractivity contribution is -0.146. The van der Waals surface area contributed by atoms with Crippen molar-refractivity contribution >= 4 is 28.2 Å². The molecule has 2 atom stereocenters. The first-order chi connectivity index (χ1) is 13.8. The SMILES string of the molecule is Cc1sc(NC(=O)[C@@H]2CC=CC[C@H]2C(=O)O)c(C#N)c1-c1ccc(C(C)C)cc1. The van der Waals surface area contributed by atoms with Gasteiger partial charge in [0.2, 0.25) is 5.91 Å². The monoisotopic (exact) mass is 408 g/mol. The lowest BCUT2D eigenvalue weighted by atomic mass is 9.82. The van der Waals surface area contributed by atoms with E-state index < -0.39 is 17.8 Å². The summed E-state index contributed by atoms with van der Waals surface area (Å²) in [5, 5.41) is 22.5. The molecule has 1 aromatic carbocycles. The number of aryl methyl sites for hydroxylation is 1. The van der Waals surface area contributed by atoms with Gasteiger partial charge in [-0.15, -0.1) is 11.3 Å². The van der Waals surface area contributed by atoms with Gasteiger partial charge >= 0.3 is 5.97 Å². The van der Waals surface area contributed by atoms with E-state index in [2.05, 4.69) is 37.4 Å². The number of carboxylic acid groups (broad SMARTS) is 1. The fourth-order valence-corrected chi connectivity index (χ4v) is 4.73. The molecule has 150 valence electrons. The van der Waals surface area contributed by atoms with Crippen molar-refractivity contribution in [3.8, 4) is 17.2 Å². The molecule has 0 bridgehead atoms. The zero-order chi connectivity index (χ0) is 21.1. The minimum Gasteiger partial charge on any atom is -0.481 e. The molecule has 1 amide bonds. The van der Waals surface area contributed by atoms with Crippen LogP contribution in [0.2, 0.25) is 0 Å². The van der Waals surface area contributed by atoms with Gasteiger partial charge < -0.3 is 10.4 Å². The number of anilines is 1. The summed E-state index contributed by atoms with van der Waals surface area (Å²) in [6.07, 6.45) is 4.38. The molecule has 5 nitrogen and oxygen atoms in total. The summed E-state index contributed by atoms with van der Waals surface area (Å²) in [6.45, 7) is 6.18. The molecule has 1 aromatic heterocycles. The van der Waals surface area contributed by atoms with Gasteiger partial charge in [0.25, 0.3) is 0 Å². The number of nitrogens with one attached hydrogen (secondary N) is 1. The maximum absolute atomic E-state index is 12.8. The Morgan fingerprint density at radius 2 is 1.79 bits per heavy atom. The van der Waals surface area contributed by atoms with Crippen molar-refractivity contribution in [1.29, 1.82) is 5.26 Å². The lowest BCUT2D eigenvalue weighted by Gasteiger charge is -2.23. The Bertz CT molecular complexity index is 996. The second-order valence-corrected chi connectivity index (χ2v) is 8.83. The van der Waals surface area contributed by atoms with Gasteiger partial charge in [0.15, 0.2) is 0 Å². The summed E-state index contributed by atoms with van der Waals surface area (Å²) >= 11 is 1.35. The minimum absolute atomic E-state index is 0.343. The van der Waals surface area contributed by atoms with E-state index in [9.17, 15) is 20.0 Å². The number of hydrogen-bond donors (Lipinski definition) is 2. The van der Waals surface area contributed by atoms with E-state index in [4.69, 9.17) is 0 Å². The molecule has 0 aliphatic heterocycles. The molecule has 0 fully saturated rings. The number of nitriles is 1. The number of hydrogen-bond acceptors (Lipinski definition) is 4. The molecule has 0 saturated heterocycles. The molecule has 2 aromatic rings. The Kier molecular flexibility index (Phi) is 6.19. The van der Waals surface area contributed by atoms with Gasteiger partial charge in [0, 0.05) is 10.4 Å². The first-order valence-corrected chi connectivity index (χ1v) is 10.5. The first kappa shape index (κ1) is 20.8. The Labute approximate surface area is 174 Å². The molecular formula is C23H24N2O3S. The lowest BCUT2D eigenvalue weighted by Crippen LogP contribution is -2.34. The quantitative estimate of drug-likeness (QED) is 0.655. The number of carboxylic acids is 1.